The molecule has 0 bridgehead atoms. The standard InChI is InChI=1S/C15H21FN2O/c1-2-10-18(15(19)14-4-3-9-17-14)11-12-5-7-13(16)8-6-12/h5-8,14,17H,2-4,9-11H2,1H3. The number of halogens is 1. The van der Waals surface area contributed by atoms with E-state index in [2.05, 4.69) is 12.2 Å². The van der Waals surface area contributed by atoms with E-state index < -0.39 is 0 Å². The van der Waals surface area contributed by atoms with E-state index in [9.17, 15) is 9.18 Å². The lowest BCUT2D eigenvalue weighted by Gasteiger charge is -2.25. The van der Waals surface area contributed by atoms with Crippen molar-refractivity contribution in [2.75, 3.05) is 13.1 Å². The summed E-state index contributed by atoms with van der Waals surface area (Å²) in [6, 6.07) is 6.34. The van der Waals surface area contributed by atoms with Crippen LogP contribution in [0.25, 0.3) is 0 Å². The minimum absolute atomic E-state index is 0.0352. The van der Waals surface area contributed by atoms with Gasteiger partial charge in [0.25, 0.3) is 0 Å². The van der Waals surface area contributed by atoms with Crippen LogP contribution in [0.1, 0.15) is 31.7 Å². The summed E-state index contributed by atoms with van der Waals surface area (Å²) >= 11 is 0. The van der Waals surface area contributed by atoms with Crippen molar-refractivity contribution in [3.8, 4) is 0 Å². The van der Waals surface area contributed by atoms with Gasteiger partial charge >= 0.3 is 0 Å². The fourth-order valence-electron chi connectivity index (χ4n) is 2.46. The molecule has 1 fully saturated rings. The quantitative estimate of drug-likeness (QED) is 0.885. The second-order valence-corrected chi connectivity index (χ2v) is 5.04. The lowest BCUT2D eigenvalue weighted by atomic mass is 10.1. The average molecular weight is 264 g/mol. The smallest absolute Gasteiger partial charge is 0.240 e. The third-order valence-electron chi connectivity index (χ3n) is 3.45. The van der Waals surface area contributed by atoms with Crippen LogP contribution in [0.2, 0.25) is 0 Å². The molecule has 4 heteroatoms. The Morgan fingerprint density at radius 1 is 1.42 bits per heavy atom. The van der Waals surface area contributed by atoms with Crippen molar-refractivity contribution in [2.24, 2.45) is 0 Å². The molecule has 0 aliphatic carbocycles. The van der Waals surface area contributed by atoms with Gasteiger partial charge in [0.2, 0.25) is 5.91 Å². The lowest BCUT2D eigenvalue weighted by Crippen LogP contribution is -2.43. The molecule has 19 heavy (non-hydrogen) atoms. The predicted octanol–water partition coefficient (Wildman–Crippen LogP) is 2.32. The van der Waals surface area contributed by atoms with Crippen LogP contribution in [0, 0.1) is 5.82 Å². The van der Waals surface area contributed by atoms with Crippen LogP contribution in [0.4, 0.5) is 4.39 Å². The van der Waals surface area contributed by atoms with Gasteiger partial charge in [0.1, 0.15) is 5.82 Å². The normalized spacial score (nSPS) is 18.5. The Balaban J connectivity index is 2.02. The molecule has 1 N–H and O–H groups in total. The summed E-state index contributed by atoms with van der Waals surface area (Å²) in [6.45, 7) is 4.29. The summed E-state index contributed by atoms with van der Waals surface area (Å²) in [4.78, 5) is 14.3. The van der Waals surface area contributed by atoms with E-state index in [1.165, 1.54) is 12.1 Å². The molecular formula is C15H21FN2O. The maximum Gasteiger partial charge on any atom is 0.240 e. The molecule has 1 amide bonds. The molecule has 1 aliphatic rings. The maximum atomic E-state index is 12.9. The fraction of sp³-hybridized carbons (Fsp3) is 0.533. The Bertz CT molecular complexity index is 413. The number of rotatable bonds is 5. The molecule has 1 unspecified atom stereocenters. The van der Waals surface area contributed by atoms with Crippen molar-refractivity contribution in [1.29, 1.82) is 0 Å². The number of nitrogens with one attached hydrogen (secondary N) is 1. The summed E-state index contributed by atoms with van der Waals surface area (Å²) in [5.41, 5.74) is 0.973. The number of hydrogen-bond donors (Lipinski definition) is 1. The topological polar surface area (TPSA) is 32.3 Å². The number of amides is 1. The molecule has 3 nitrogen and oxygen atoms in total. The number of hydrogen-bond acceptors (Lipinski definition) is 2. The third kappa shape index (κ3) is 3.77. The summed E-state index contributed by atoms with van der Waals surface area (Å²) in [5.74, 6) is -0.0711. The summed E-state index contributed by atoms with van der Waals surface area (Å²) in [5, 5.41) is 3.24. The van der Waals surface area contributed by atoms with Crippen molar-refractivity contribution < 1.29 is 9.18 Å². The molecule has 1 aromatic carbocycles. The Labute approximate surface area is 113 Å². The fourth-order valence-corrected chi connectivity index (χ4v) is 2.46. The molecule has 0 radical (unpaired) electrons. The summed E-state index contributed by atoms with van der Waals surface area (Å²) < 4.78 is 12.9. The van der Waals surface area contributed by atoms with Gasteiger partial charge in [0.05, 0.1) is 6.04 Å². The maximum absolute atomic E-state index is 12.9. The van der Waals surface area contributed by atoms with Gasteiger partial charge in [-0.2, -0.15) is 0 Å². The Kier molecular flexibility index (Phi) is 4.91. The van der Waals surface area contributed by atoms with Gasteiger partial charge in [-0.3, -0.25) is 4.79 Å². The molecule has 1 saturated heterocycles. The van der Waals surface area contributed by atoms with Crippen LogP contribution in [0.3, 0.4) is 0 Å². The van der Waals surface area contributed by atoms with Gasteiger partial charge in [0, 0.05) is 13.1 Å². The van der Waals surface area contributed by atoms with E-state index in [-0.39, 0.29) is 17.8 Å². The van der Waals surface area contributed by atoms with Crippen molar-refractivity contribution in [3.63, 3.8) is 0 Å². The molecule has 104 valence electrons. The molecule has 0 aromatic heterocycles. The zero-order valence-electron chi connectivity index (χ0n) is 11.4. The van der Waals surface area contributed by atoms with Crippen LogP contribution >= 0.6 is 0 Å². The van der Waals surface area contributed by atoms with E-state index in [1.807, 2.05) is 4.90 Å². The SMILES string of the molecule is CCCN(Cc1ccc(F)cc1)C(=O)C1CCCN1. The van der Waals surface area contributed by atoms with Crippen LogP contribution in [0.15, 0.2) is 24.3 Å². The number of carbonyl (C=O) groups excluding carboxylic acids is 1. The highest BCUT2D eigenvalue weighted by molar-refractivity contribution is 5.82. The van der Waals surface area contributed by atoms with Gasteiger partial charge < -0.3 is 10.2 Å². The van der Waals surface area contributed by atoms with Crippen molar-refractivity contribution in [1.82, 2.24) is 10.2 Å². The molecule has 1 aromatic rings. The summed E-state index contributed by atoms with van der Waals surface area (Å²) in [6.07, 6.45) is 2.91. The molecule has 0 saturated carbocycles. The van der Waals surface area contributed by atoms with E-state index in [0.717, 1.165) is 37.9 Å². The third-order valence-corrected chi connectivity index (χ3v) is 3.45. The Morgan fingerprint density at radius 2 is 2.16 bits per heavy atom. The first-order valence-corrected chi connectivity index (χ1v) is 6.97. The van der Waals surface area contributed by atoms with E-state index in [1.54, 1.807) is 12.1 Å². The van der Waals surface area contributed by atoms with Gasteiger partial charge in [0.15, 0.2) is 0 Å². The first-order chi connectivity index (χ1) is 9.20. The molecule has 0 spiro atoms. The summed E-state index contributed by atoms with van der Waals surface area (Å²) in [7, 11) is 0. The van der Waals surface area contributed by atoms with Crippen molar-refractivity contribution in [2.45, 2.75) is 38.8 Å². The van der Waals surface area contributed by atoms with Gasteiger partial charge in [-0.1, -0.05) is 19.1 Å². The number of carbonyl (C=O) groups is 1. The van der Waals surface area contributed by atoms with E-state index in [4.69, 9.17) is 0 Å². The highest BCUT2D eigenvalue weighted by Gasteiger charge is 2.26. The second-order valence-electron chi connectivity index (χ2n) is 5.04. The second kappa shape index (κ2) is 6.66. The lowest BCUT2D eigenvalue weighted by molar-refractivity contribution is -0.133. The highest BCUT2D eigenvalue weighted by Crippen LogP contribution is 2.13. The monoisotopic (exact) mass is 264 g/mol. The highest BCUT2D eigenvalue weighted by atomic mass is 19.1. The van der Waals surface area contributed by atoms with E-state index in [0.29, 0.717) is 6.54 Å². The first kappa shape index (κ1) is 14.0. The molecule has 1 heterocycles. The molecule has 1 atom stereocenters. The van der Waals surface area contributed by atoms with Gasteiger partial charge in [-0.05, 0) is 43.5 Å². The van der Waals surface area contributed by atoms with Gasteiger partial charge in [-0.15, -0.1) is 0 Å². The van der Waals surface area contributed by atoms with Crippen LogP contribution < -0.4 is 5.32 Å². The number of benzene rings is 1. The zero-order valence-corrected chi connectivity index (χ0v) is 11.4. The average Bonchev–Trinajstić information content (AvgIpc) is 2.94. The Morgan fingerprint density at radius 3 is 2.74 bits per heavy atom. The minimum atomic E-state index is -0.241. The minimum Gasteiger partial charge on any atom is -0.337 e. The number of nitrogens with zero attached hydrogens (tertiary/aromatic N) is 1. The van der Waals surface area contributed by atoms with Crippen molar-refractivity contribution in [3.05, 3.63) is 35.6 Å². The first-order valence-electron chi connectivity index (χ1n) is 6.97. The molecule has 2 rings (SSSR count). The molecular weight excluding hydrogens is 243 g/mol. The van der Waals surface area contributed by atoms with Crippen molar-refractivity contribution >= 4 is 5.91 Å². The Hall–Kier alpha value is -1.42. The van der Waals surface area contributed by atoms with Crippen LogP contribution in [-0.4, -0.2) is 29.9 Å². The van der Waals surface area contributed by atoms with Crippen LogP contribution in [0.5, 0.6) is 0 Å². The zero-order chi connectivity index (χ0) is 13.7. The van der Waals surface area contributed by atoms with Gasteiger partial charge in [-0.25, -0.2) is 4.39 Å². The van der Waals surface area contributed by atoms with E-state index >= 15 is 0 Å². The molecule has 1 aliphatic heterocycles. The van der Waals surface area contributed by atoms with Crippen LogP contribution in [-0.2, 0) is 11.3 Å². The largest absolute Gasteiger partial charge is 0.337 e. The predicted molar refractivity (Wildman–Crippen MR) is 73.1 cm³/mol.